The highest BCUT2D eigenvalue weighted by Crippen LogP contribution is 2.12. The van der Waals surface area contributed by atoms with Crippen LogP contribution in [0.3, 0.4) is 0 Å². The Morgan fingerprint density at radius 1 is 0.788 bits per heavy atom. The van der Waals surface area contributed by atoms with Gasteiger partial charge in [-0.15, -0.1) is 0 Å². The summed E-state index contributed by atoms with van der Waals surface area (Å²) in [5.41, 5.74) is 11.5. The number of primary amides is 2. The lowest BCUT2D eigenvalue weighted by atomic mass is 9.94. The summed E-state index contributed by atoms with van der Waals surface area (Å²) in [7, 11) is 0. The van der Waals surface area contributed by atoms with Crippen molar-refractivity contribution in [2.45, 2.75) is 38.3 Å². The summed E-state index contributed by atoms with van der Waals surface area (Å²) in [5.74, 6) is -3.92. The molecule has 0 radical (unpaired) electrons. The molecule has 6 N–H and O–H groups in total. The van der Waals surface area contributed by atoms with Crippen LogP contribution in [0.25, 0.3) is 0 Å². The summed E-state index contributed by atoms with van der Waals surface area (Å²) in [6.07, 6.45) is -0.385. The van der Waals surface area contributed by atoms with E-state index in [-0.39, 0.29) is 18.6 Å². The van der Waals surface area contributed by atoms with Crippen LogP contribution in [0.1, 0.15) is 35.7 Å². The highest BCUT2D eigenvalue weighted by atomic mass is 16.2. The number of nitrogens with two attached hydrogens (primary N) is 2. The van der Waals surface area contributed by atoms with E-state index < -0.39 is 48.1 Å². The molecule has 0 spiro atoms. The molecule has 174 valence electrons. The zero-order chi connectivity index (χ0) is 24.4. The summed E-state index contributed by atoms with van der Waals surface area (Å²) < 4.78 is 0. The molecule has 0 aliphatic rings. The monoisotopic (exact) mass is 452 g/mol. The Hall–Kier alpha value is -4.01. The Morgan fingerprint density at radius 3 is 1.91 bits per heavy atom. The van der Waals surface area contributed by atoms with Crippen LogP contribution >= 0.6 is 0 Å². The lowest BCUT2D eigenvalue weighted by Crippen LogP contribution is -2.49. The second-order valence-electron chi connectivity index (χ2n) is 7.79. The van der Waals surface area contributed by atoms with E-state index in [0.717, 1.165) is 5.56 Å². The minimum atomic E-state index is -1.26. The van der Waals surface area contributed by atoms with Gasteiger partial charge in [-0.25, -0.2) is 0 Å². The molecule has 0 aromatic heterocycles. The van der Waals surface area contributed by atoms with Gasteiger partial charge >= 0.3 is 0 Å². The van der Waals surface area contributed by atoms with Crippen molar-refractivity contribution in [3.63, 3.8) is 0 Å². The standard InChI is InChI=1S/C24H28N4O5/c1-15(23(32)28-19(22(26)31)14-21(25)30)12-20(29)18(13-16-8-4-2-5-9-16)27-24(33)17-10-6-3-7-11-17/h2-11,15,18-19H,12-14H2,1H3,(H2,25,30)(H2,26,31)(H,27,33)(H,28,32)/t15-,18+,19+/m1/s1. The van der Waals surface area contributed by atoms with Crippen LogP contribution in [0.15, 0.2) is 60.7 Å². The highest BCUT2D eigenvalue weighted by molar-refractivity contribution is 5.99. The molecule has 3 atom stereocenters. The first-order valence-electron chi connectivity index (χ1n) is 10.5. The SMILES string of the molecule is C[C@H](CC(=O)[C@H](Cc1ccccc1)NC(=O)c1ccccc1)C(=O)N[C@@H](CC(N)=O)C(N)=O. The average molecular weight is 453 g/mol. The zero-order valence-corrected chi connectivity index (χ0v) is 18.3. The van der Waals surface area contributed by atoms with Gasteiger partial charge in [0, 0.05) is 17.9 Å². The molecule has 0 aliphatic carbocycles. The van der Waals surface area contributed by atoms with Crippen molar-refractivity contribution in [1.82, 2.24) is 10.6 Å². The largest absolute Gasteiger partial charge is 0.370 e. The van der Waals surface area contributed by atoms with Gasteiger partial charge in [0.15, 0.2) is 5.78 Å². The van der Waals surface area contributed by atoms with E-state index in [2.05, 4.69) is 10.6 Å². The number of ketones is 1. The van der Waals surface area contributed by atoms with E-state index in [9.17, 15) is 24.0 Å². The van der Waals surface area contributed by atoms with Crippen LogP contribution in [0, 0.1) is 5.92 Å². The number of carbonyl (C=O) groups is 5. The van der Waals surface area contributed by atoms with E-state index in [4.69, 9.17) is 11.5 Å². The Morgan fingerprint density at radius 2 is 1.36 bits per heavy atom. The van der Waals surface area contributed by atoms with Gasteiger partial charge in [-0.1, -0.05) is 55.5 Å². The van der Waals surface area contributed by atoms with Crippen LogP contribution < -0.4 is 22.1 Å². The highest BCUT2D eigenvalue weighted by Gasteiger charge is 2.28. The molecule has 0 saturated carbocycles. The predicted molar refractivity (Wildman–Crippen MR) is 122 cm³/mol. The van der Waals surface area contributed by atoms with Crippen molar-refractivity contribution in [1.29, 1.82) is 0 Å². The molecular formula is C24H28N4O5. The van der Waals surface area contributed by atoms with Crippen LogP contribution in [0.5, 0.6) is 0 Å². The molecule has 2 aromatic carbocycles. The number of hydrogen-bond acceptors (Lipinski definition) is 5. The van der Waals surface area contributed by atoms with E-state index in [1.807, 2.05) is 30.3 Å². The van der Waals surface area contributed by atoms with Crippen molar-refractivity contribution in [3.8, 4) is 0 Å². The average Bonchev–Trinajstić information content (AvgIpc) is 2.78. The van der Waals surface area contributed by atoms with Crippen molar-refractivity contribution in [2.24, 2.45) is 17.4 Å². The number of nitrogens with one attached hydrogen (secondary N) is 2. The normalized spacial score (nSPS) is 13.2. The molecule has 2 aromatic rings. The lowest BCUT2D eigenvalue weighted by molar-refractivity contribution is -0.133. The number of Topliss-reactive ketones (excluding diaryl/α,β-unsaturated/α-hetero) is 1. The summed E-state index contributed by atoms with van der Waals surface area (Å²) in [6, 6.07) is 15.5. The second kappa shape index (κ2) is 12.1. The first-order valence-corrected chi connectivity index (χ1v) is 10.5. The van der Waals surface area contributed by atoms with E-state index in [1.165, 1.54) is 6.92 Å². The van der Waals surface area contributed by atoms with Crippen molar-refractivity contribution < 1.29 is 24.0 Å². The van der Waals surface area contributed by atoms with Gasteiger partial charge < -0.3 is 22.1 Å². The number of rotatable bonds is 12. The molecule has 0 saturated heterocycles. The van der Waals surface area contributed by atoms with Crippen molar-refractivity contribution in [2.75, 3.05) is 0 Å². The van der Waals surface area contributed by atoms with Gasteiger partial charge in [-0.3, -0.25) is 24.0 Å². The molecule has 0 fully saturated rings. The third-order valence-corrected chi connectivity index (χ3v) is 5.03. The lowest BCUT2D eigenvalue weighted by Gasteiger charge is -2.21. The Balaban J connectivity index is 2.10. The fraction of sp³-hybridized carbons (Fsp3) is 0.292. The zero-order valence-electron chi connectivity index (χ0n) is 18.3. The molecule has 0 heterocycles. The number of amides is 4. The van der Waals surface area contributed by atoms with Crippen molar-refractivity contribution in [3.05, 3.63) is 71.8 Å². The number of hydrogen-bond donors (Lipinski definition) is 4. The molecule has 0 bridgehead atoms. The first-order chi connectivity index (χ1) is 15.7. The van der Waals surface area contributed by atoms with Crippen LogP contribution in [-0.4, -0.2) is 41.5 Å². The van der Waals surface area contributed by atoms with E-state index >= 15 is 0 Å². The molecule has 9 heteroatoms. The summed E-state index contributed by atoms with van der Waals surface area (Å²) in [6.45, 7) is 1.51. The molecule has 2 rings (SSSR count). The van der Waals surface area contributed by atoms with Gasteiger partial charge in [0.2, 0.25) is 17.7 Å². The van der Waals surface area contributed by atoms with Gasteiger partial charge in [-0.05, 0) is 24.1 Å². The second-order valence-corrected chi connectivity index (χ2v) is 7.79. The number of benzene rings is 2. The van der Waals surface area contributed by atoms with Gasteiger partial charge in [0.05, 0.1) is 12.5 Å². The van der Waals surface area contributed by atoms with Gasteiger partial charge in [0.1, 0.15) is 6.04 Å². The quantitative estimate of drug-likeness (QED) is 0.367. The molecule has 0 aliphatic heterocycles. The molecule has 0 unspecified atom stereocenters. The summed E-state index contributed by atoms with van der Waals surface area (Å²) in [4.78, 5) is 60.8. The maximum atomic E-state index is 13.1. The fourth-order valence-electron chi connectivity index (χ4n) is 3.20. The Bertz CT molecular complexity index is 994. The fourth-order valence-corrected chi connectivity index (χ4v) is 3.20. The third kappa shape index (κ3) is 8.21. The van der Waals surface area contributed by atoms with E-state index in [0.29, 0.717) is 5.56 Å². The minimum Gasteiger partial charge on any atom is -0.370 e. The van der Waals surface area contributed by atoms with Crippen LogP contribution in [0.4, 0.5) is 0 Å². The predicted octanol–water partition coefficient (Wildman–Crippen LogP) is 0.469. The summed E-state index contributed by atoms with van der Waals surface area (Å²) >= 11 is 0. The maximum Gasteiger partial charge on any atom is 0.251 e. The van der Waals surface area contributed by atoms with Crippen LogP contribution in [-0.2, 0) is 25.6 Å². The van der Waals surface area contributed by atoms with Crippen molar-refractivity contribution >= 4 is 29.4 Å². The minimum absolute atomic E-state index is 0.194. The Kier molecular flexibility index (Phi) is 9.29. The Labute approximate surface area is 191 Å². The van der Waals surface area contributed by atoms with Gasteiger partial charge in [0.25, 0.3) is 5.91 Å². The van der Waals surface area contributed by atoms with Crippen LogP contribution in [0.2, 0.25) is 0 Å². The summed E-state index contributed by atoms with van der Waals surface area (Å²) in [5, 5.41) is 5.11. The smallest absolute Gasteiger partial charge is 0.251 e. The topological polar surface area (TPSA) is 161 Å². The molecule has 9 nitrogen and oxygen atoms in total. The number of carbonyl (C=O) groups excluding carboxylic acids is 5. The molecule has 4 amide bonds. The molecular weight excluding hydrogens is 424 g/mol. The van der Waals surface area contributed by atoms with E-state index in [1.54, 1.807) is 30.3 Å². The first kappa shape index (κ1) is 25.3. The van der Waals surface area contributed by atoms with Gasteiger partial charge in [-0.2, -0.15) is 0 Å². The third-order valence-electron chi connectivity index (χ3n) is 5.03. The maximum absolute atomic E-state index is 13.1. The molecule has 33 heavy (non-hydrogen) atoms.